The molecule has 0 aromatic heterocycles. The molecule has 0 heterocycles. The van der Waals surface area contributed by atoms with Crippen molar-refractivity contribution in [1.82, 2.24) is 0 Å². The van der Waals surface area contributed by atoms with E-state index in [0.29, 0.717) is 0 Å². The van der Waals surface area contributed by atoms with Gasteiger partial charge in [0.15, 0.2) is 0 Å². The molecular formula is C23H21NO4. The third-order valence-electron chi connectivity index (χ3n) is 5.17. The first kappa shape index (κ1) is 19.3. The van der Waals surface area contributed by atoms with E-state index >= 15 is 0 Å². The fourth-order valence-corrected chi connectivity index (χ4v) is 3.25. The predicted octanol–water partition coefficient (Wildman–Crippen LogP) is 5.64. The molecule has 142 valence electrons. The van der Waals surface area contributed by atoms with Crippen LogP contribution in [0, 0.1) is 16.0 Å². The Morgan fingerprint density at radius 2 is 1.75 bits per heavy atom. The van der Waals surface area contributed by atoms with Crippen LogP contribution in [-0.2, 0) is 10.3 Å². The Hall–Kier alpha value is -3.47. The Labute approximate surface area is 163 Å². The second kappa shape index (κ2) is 7.64. The van der Waals surface area contributed by atoms with Crippen molar-refractivity contribution in [3.05, 3.63) is 101 Å². The van der Waals surface area contributed by atoms with Gasteiger partial charge in [0.25, 0.3) is 5.69 Å². The average molecular weight is 375 g/mol. The maximum atomic E-state index is 12.8. The summed E-state index contributed by atoms with van der Waals surface area (Å²) in [4.78, 5) is 23.2. The molecule has 3 aromatic rings. The molecule has 5 heteroatoms. The summed E-state index contributed by atoms with van der Waals surface area (Å²) in [5.41, 5.74) is 0.107. The van der Waals surface area contributed by atoms with Crippen molar-refractivity contribution >= 4 is 22.4 Å². The van der Waals surface area contributed by atoms with Crippen LogP contribution in [0.4, 0.5) is 5.69 Å². The van der Waals surface area contributed by atoms with Gasteiger partial charge in [-0.1, -0.05) is 55.5 Å². The summed E-state index contributed by atoms with van der Waals surface area (Å²) in [7, 11) is 0. The fraction of sp³-hybridized carbons (Fsp3) is 0.174. The highest BCUT2D eigenvalue weighted by Crippen LogP contribution is 2.39. The lowest BCUT2D eigenvalue weighted by Gasteiger charge is -2.35. The zero-order valence-electron chi connectivity index (χ0n) is 15.8. The smallest absolute Gasteiger partial charge is 0.339 e. The van der Waals surface area contributed by atoms with Crippen molar-refractivity contribution in [2.24, 2.45) is 5.92 Å². The van der Waals surface area contributed by atoms with E-state index in [0.717, 1.165) is 16.3 Å². The Morgan fingerprint density at radius 3 is 2.39 bits per heavy atom. The SMILES string of the molecule is C=C[C@H](C)[C@](C)(OC(=O)c1ccc([N+](=O)[O-])cc1)c1cccc2ccccc12. The van der Waals surface area contributed by atoms with E-state index in [2.05, 4.69) is 6.58 Å². The molecule has 0 spiro atoms. The Balaban J connectivity index is 2.03. The monoisotopic (exact) mass is 375 g/mol. The van der Waals surface area contributed by atoms with Crippen LogP contribution in [0.3, 0.4) is 0 Å². The van der Waals surface area contributed by atoms with E-state index in [9.17, 15) is 14.9 Å². The zero-order chi connectivity index (χ0) is 20.3. The van der Waals surface area contributed by atoms with E-state index in [1.54, 1.807) is 6.08 Å². The minimum atomic E-state index is -0.957. The number of benzene rings is 3. The van der Waals surface area contributed by atoms with Crippen molar-refractivity contribution in [1.29, 1.82) is 0 Å². The molecule has 0 aliphatic carbocycles. The van der Waals surface area contributed by atoms with E-state index in [-0.39, 0.29) is 17.2 Å². The number of rotatable bonds is 6. The van der Waals surface area contributed by atoms with Gasteiger partial charge in [-0.25, -0.2) is 4.79 Å². The van der Waals surface area contributed by atoms with Crippen LogP contribution in [0.5, 0.6) is 0 Å². The number of carbonyl (C=O) groups is 1. The van der Waals surface area contributed by atoms with E-state index < -0.39 is 16.5 Å². The van der Waals surface area contributed by atoms with Gasteiger partial charge in [-0.2, -0.15) is 0 Å². The molecule has 3 aromatic carbocycles. The molecule has 0 saturated heterocycles. The highest BCUT2D eigenvalue weighted by atomic mass is 16.6. The molecule has 0 N–H and O–H groups in total. The Bertz CT molecular complexity index is 1040. The second-order valence-electron chi connectivity index (χ2n) is 6.85. The van der Waals surface area contributed by atoms with Gasteiger partial charge in [0, 0.05) is 23.6 Å². The van der Waals surface area contributed by atoms with Crippen LogP contribution in [-0.4, -0.2) is 10.9 Å². The molecule has 0 aliphatic heterocycles. The minimum Gasteiger partial charge on any atom is -0.450 e. The van der Waals surface area contributed by atoms with Crippen molar-refractivity contribution in [3.8, 4) is 0 Å². The summed E-state index contributed by atoms with van der Waals surface area (Å²) in [6.07, 6.45) is 1.75. The highest BCUT2D eigenvalue weighted by Gasteiger charge is 2.37. The van der Waals surface area contributed by atoms with Gasteiger partial charge in [-0.05, 0) is 29.8 Å². The predicted molar refractivity (Wildman–Crippen MR) is 109 cm³/mol. The molecule has 5 nitrogen and oxygen atoms in total. The highest BCUT2D eigenvalue weighted by molar-refractivity contribution is 5.91. The summed E-state index contributed by atoms with van der Waals surface area (Å²) in [5.74, 6) is -0.709. The topological polar surface area (TPSA) is 69.4 Å². The number of esters is 1. The number of nitro benzene ring substituents is 1. The van der Waals surface area contributed by atoms with Crippen LogP contribution in [0.15, 0.2) is 79.4 Å². The quantitative estimate of drug-likeness (QED) is 0.242. The average Bonchev–Trinajstić information content (AvgIpc) is 2.72. The van der Waals surface area contributed by atoms with E-state index in [4.69, 9.17) is 4.74 Å². The van der Waals surface area contributed by atoms with Crippen molar-refractivity contribution < 1.29 is 14.5 Å². The molecule has 0 unspecified atom stereocenters. The van der Waals surface area contributed by atoms with Crippen LogP contribution in [0.1, 0.15) is 29.8 Å². The van der Waals surface area contributed by atoms with Gasteiger partial charge < -0.3 is 4.74 Å². The lowest BCUT2D eigenvalue weighted by molar-refractivity contribution is -0.384. The Kier molecular flexibility index (Phi) is 5.27. The van der Waals surface area contributed by atoms with Crippen molar-refractivity contribution in [2.45, 2.75) is 19.4 Å². The number of hydrogen-bond donors (Lipinski definition) is 0. The Morgan fingerprint density at radius 1 is 1.11 bits per heavy atom. The maximum Gasteiger partial charge on any atom is 0.339 e. The standard InChI is InChI=1S/C23H21NO4/c1-4-16(2)23(3,21-11-7-9-17-8-5-6-10-20(17)21)28-22(25)18-12-14-19(15-13-18)24(26)27/h4-16H,1H2,2-3H3/t16-,23-/m0/s1. The van der Waals surface area contributed by atoms with Crippen molar-refractivity contribution in [2.75, 3.05) is 0 Å². The van der Waals surface area contributed by atoms with Gasteiger partial charge in [0.05, 0.1) is 10.5 Å². The summed E-state index contributed by atoms with van der Waals surface area (Å²) < 4.78 is 5.99. The van der Waals surface area contributed by atoms with Gasteiger partial charge in [-0.3, -0.25) is 10.1 Å². The first-order valence-electron chi connectivity index (χ1n) is 8.95. The molecule has 3 rings (SSSR count). The molecule has 2 atom stereocenters. The molecule has 0 radical (unpaired) electrons. The van der Waals surface area contributed by atoms with Gasteiger partial charge in [0.1, 0.15) is 5.60 Å². The van der Waals surface area contributed by atoms with Gasteiger partial charge in [-0.15, -0.1) is 6.58 Å². The summed E-state index contributed by atoms with van der Waals surface area (Å²) in [6.45, 7) is 7.68. The number of ether oxygens (including phenoxy) is 1. The minimum absolute atomic E-state index is 0.0761. The van der Waals surface area contributed by atoms with E-state index in [1.165, 1.54) is 24.3 Å². The van der Waals surface area contributed by atoms with Crippen LogP contribution in [0.2, 0.25) is 0 Å². The number of carbonyl (C=O) groups excluding carboxylic acids is 1. The number of hydrogen-bond acceptors (Lipinski definition) is 4. The molecule has 0 aliphatic rings. The second-order valence-corrected chi connectivity index (χ2v) is 6.85. The zero-order valence-corrected chi connectivity index (χ0v) is 15.8. The molecule has 0 bridgehead atoms. The van der Waals surface area contributed by atoms with Crippen LogP contribution < -0.4 is 0 Å². The summed E-state index contributed by atoms with van der Waals surface area (Å²) in [6, 6.07) is 19.2. The number of nitrogens with zero attached hydrogens (tertiary/aromatic N) is 1. The third-order valence-corrected chi connectivity index (χ3v) is 5.17. The number of nitro groups is 1. The molecule has 0 fully saturated rings. The molecular weight excluding hydrogens is 354 g/mol. The molecule has 28 heavy (non-hydrogen) atoms. The maximum absolute atomic E-state index is 12.8. The number of non-ortho nitro benzene ring substituents is 1. The van der Waals surface area contributed by atoms with Crippen molar-refractivity contribution in [3.63, 3.8) is 0 Å². The lowest BCUT2D eigenvalue weighted by Crippen LogP contribution is -2.35. The largest absolute Gasteiger partial charge is 0.450 e. The normalized spacial score (nSPS) is 14.1. The third kappa shape index (κ3) is 3.51. The fourth-order valence-electron chi connectivity index (χ4n) is 3.25. The first-order chi connectivity index (χ1) is 13.4. The first-order valence-corrected chi connectivity index (χ1v) is 8.95. The van der Waals surface area contributed by atoms with Gasteiger partial charge >= 0.3 is 5.97 Å². The summed E-state index contributed by atoms with van der Waals surface area (Å²) in [5, 5.41) is 12.9. The van der Waals surface area contributed by atoms with Crippen LogP contribution >= 0.6 is 0 Å². The van der Waals surface area contributed by atoms with E-state index in [1.807, 2.05) is 56.3 Å². The summed E-state index contributed by atoms with van der Waals surface area (Å²) >= 11 is 0. The van der Waals surface area contributed by atoms with Crippen LogP contribution in [0.25, 0.3) is 10.8 Å². The van der Waals surface area contributed by atoms with Gasteiger partial charge in [0.2, 0.25) is 0 Å². The number of fused-ring (bicyclic) bond motifs is 1. The molecule has 0 saturated carbocycles. The lowest BCUT2D eigenvalue weighted by atomic mass is 9.81. The molecule has 0 amide bonds.